The van der Waals surface area contributed by atoms with E-state index in [1.807, 2.05) is 45.9 Å². The fourth-order valence-electron chi connectivity index (χ4n) is 2.79. The van der Waals surface area contributed by atoms with Crippen LogP contribution in [0.25, 0.3) is 11.1 Å². The Morgan fingerprint density at radius 2 is 1.59 bits per heavy atom. The number of carbonyl (C=O) groups is 1. The molecule has 148 valence electrons. The van der Waals surface area contributed by atoms with Gasteiger partial charge in [-0.2, -0.15) is 11.8 Å². The van der Waals surface area contributed by atoms with Gasteiger partial charge in [0.25, 0.3) is 5.91 Å². The summed E-state index contributed by atoms with van der Waals surface area (Å²) in [4.78, 5) is 12.0. The van der Waals surface area contributed by atoms with E-state index in [1.165, 1.54) is 11.1 Å². The fraction of sp³-hybridized carbons (Fsp3) is 0.409. The highest BCUT2D eigenvalue weighted by atomic mass is 32.2. The van der Waals surface area contributed by atoms with E-state index >= 15 is 0 Å². The molecule has 1 aliphatic heterocycles. The Kier molecular flexibility index (Phi) is 10.8. The second-order valence-corrected chi connectivity index (χ2v) is 6.85. The molecule has 0 spiro atoms. The number of hydroxylamine groups is 1. The van der Waals surface area contributed by atoms with E-state index < -0.39 is 5.54 Å². The third-order valence-corrected chi connectivity index (χ3v) is 5.44. The molecule has 0 aliphatic carbocycles. The van der Waals surface area contributed by atoms with Crippen LogP contribution in [0.3, 0.4) is 0 Å². The summed E-state index contributed by atoms with van der Waals surface area (Å²) in [6.07, 6.45) is 0.728. The zero-order valence-corrected chi connectivity index (χ0v) is 17.6. The number of benzene rings is 2. The first-order valence-corrected chi connectivity index (χ1v) is 10.8. The maximum atomic E-state index is 12.0. The van der Waals surface area contributed by atoms with Gasteiger partial charge in [-0.25, -0.2) is 5.48 Å². The Hall–Kier alpha value is -1.82. The average Bonchev–Trinajstić information content (AvgIpc) is 3.26. The first-order valence-electron chi connectivity index (χ1n) is 9.65. The molecule has 1 unspecified atom stereocenters. The van der Waals surface area contributed by atoms with Crippen molar-refractivity contribution in [3.05, 3.63) is 60.2 Å². The van der Waals surface area contributed by atoms with Gasteiger partial charge in [-0.05, 0) is 28.9 Å². The number of nitrogens with one attached hydrogen (secondary N) is 2. The van der Waals surface area contributed by atoms with Crippen LogP contribution in [0.1, 0.15) is 39.7 Å². The Balaban J connectivity index is 0.000000855. The van der Waals surface area contributed by atoms with Gasteiger partial charge >= 0.3 is 0 Å². The highest BCUT2D eigenvalue weighted by molar-refractivity contribution is 7.99. The largest absolute Gasteiger partial charge is 0.298 e. The molecule has 1 aliphatic rings. The summed E-state index contributed by atoms with van der Waals surface area (Å²) < 4.78 is 0. The Morgan fingerprint density at radius 3 is 2.11 bits per heavy atom. The Morgan fingerprint density at radius 1 is 1.00 bits per heavy atom. The third kappa shape index (κ3) is 6.38. The van der Waals surface area contributed by atoms with Gasteiger partial charge in [0.15, 0.2) is 0 Å². The molecule has 1 saturated heterocycles. The number of hydrogen-bond acceptors (Lipinski definition) is 4. The Bertz CT molecular complexity index is 654. The maximum absolute atomic E-state index is 12.0. The zero-order chi connectivity index (χ0) is 20.1. The van der Waals surface area contributed by atoms with E-state index in [0.717, 1.165) is 17.7 Å². The van der Waals surface area contributed by atoms with Gasteiger partial charge in [0.05, 0.1) is 0 Å². The molecule has 0 radical (unpaired) electrons. The minimum Gasteiger partial charge on any atom is -0.298 e. The van der Waals surface area contributed by atoms with Gasteiger partial charge < -0.3 is 0 Å². The molecule has 1 amide bonds. The summed E-state index contributed by atoms with van der Waals surface area (Å²) in [6, 6.07) is 18.6. The predicted molar refractivity (Wildman–Crippen MR) is 116 cm³/mol. The van der Waals surface area contributed by atoms with Gasteiger partial charge in [-0.15, -0.1) is 0 Å². The van der Waals surface area contributed by atoms with Gasteiger partial charge in [0.2, 0.25) is 0 Å². The van der Waals surface area contributed by atoms with Crippen LogP contribution in [0.4, 0.5) is 0 Å². The van der Waals surface area contributed by atoms with E-state index in [1.54, 1.807) is 17.2 Å². The van der Waals surface area contributed by atoms with E-state index in [2.05, 4.69) is 41.7 Å². The molecule has 1 heterocycles. The number of carbonyl (C=O) groups excluding carboxylic acids is 1. The second kappa shape index (κ2) is 12.5. The monoisotopic (exact) mass is 388 g/mol. The van der Waals surface area contributed by atoms with Crippen LogP contribution in [-0.2, 0) is 11.3 Å². The van der Waals surface area contributed by atoms with Crippen LogP contribution in [0.5, 0.6) is 0 Å². The lowest BCUT2D eigenvalue weighted by atomic mass is 9.97. The minimum absolute atomic E-state index is 0.344. The minimum atomic E-state index is -0.669. The molecule has 2 aromatic carbocycles. The molecular weight excluding hydrogens is 356 g/mol. The summed E-state index contributed by atoms with van der Waals surface area (Å²) >= 11 is 1.73. The molecular formula is C22H32N2O2S. The second-order valence-electron chi connectivity index (χ2n) is 5.74. The number of hydrogen-bond donors (Lipinski definition) is 3. The number of amides is 1. The predicted octanol–water partition coefficient (Wildman–Crippen LogP) is 4.88. The van der Waals surface area contributed by atoms with Crippen LogP contribution >= 0.6 is 11.8 Å². The smallest absolute Gasteiger partial charge is 0.264 e. The molecule has 4 nitrogen and oxygen atoms in total. The topological polar surface area (TPSA) is 61.4 Å². The molecule has 5 heteroatoms. The van der Waals surface area contributed by atoms with Gasteiger partial charge in [-0.1, -0.05) is 82.3 Å². The number of rotatable bonds is 5. The van der Waals surface area contributed by atoms with Crippen molar-refractivity contribution in [3.63, 3.8) is 0 Å². The molecule has 27 heavy (non-hydrogen) atoms. The molecule has 2 aromatic rings. The highest BCUT2D eigenvalue weighted by Crippen LogP contribution is 2.28. The maximum Gasteiger partial charge on any atom is 0.264 e. The van der Waals surface area contributed by atoms with Crippen LogP contribution in [-0.4, -0.2) is 28.2 Å². The third-order valence-electron chi connectivity index (χ3n) is 4.25. The van der Waals surface area contributed by atoms with E-state index in [0.29, 0.717) is 12.3 Å². The van der Waals surface area contributed by atoms with Crippen molar-refractivity contribution in [1.82, 2.24) is 10.8 Å². The first kappa shape index (κ1) is 23.2. The first-order chi connectivity index (χ1) is 13.2. The van der Waals surface area contributed by atoms with E-state index in [9.17, 15) is 4.79 Å². The van der Waals surface area contributed by atoms with E-state index in [-0.39, 0.29) is 5.91 Å². The molecule has 0 bridgehead atoms. The van der Waals surface area contributed by atoms with Gasteiger partial charge in [0, 0.05) is 12.3 Å². The Labute approximate surface area is 167 Å². The lowest BCUT2D eigenvalue weighted by Crippen LogP contribution is -2.56. The van der Waals surface area contributed by atoms with E-state index in [4.69, 9.17) is 5.21 Å². The van der Waals surface area contributed by atoms with Crippen molar-refractivity contribution < 1.29 is 10.0 Å². The van der Waals surface area contributed by atoms with Crippen LogP contribution in [0.15, 0.2) is 54.6 Å². The van der Waals surface area contributed by atoms with Gasteiger partial charge in [0.1, 0.15) is 5.54 Å². The summed E-state index contributed by atoms with van der Waals surface area (Å²) in [5.41, 5.74) is 4.61. The van der Waals surface area contributed by atoms with Crippen LogP contribution in [0, 0.1) is 0 Å². The summed E-state index contributed by atoms with van der Waals surface area (Å²) in [6.45, 7) is 8.60. The molecule has 3 N–H and O–H groups in total. The quantitative estimate of drug-likeness (QED) is 0.505. The number of thioether (sulfide) groups is 1. The molecule has 1 atom stereocenters. The fourth-order valence-corrected chi connectivity index (χ4v) is 4.15. The van der Waals surface area contributed by atoms with Crippen molar-refractivity contribution >= 4 is 17.7 Å². The highest BCUT2D eigenvalue weighted by Gasteiger charge is 2.41. The lowest BCUT2D eigenvalue weighted by molar-refractivity contribution is -0.135. The van der Waals surface area contributed by atoms with Crippen molar-refractivity contribution in [2.45, 2.75) is 46.2 Å². The lowest BCUT2D eigenvalue weighted by Gasteiger charge is -2.27. The summed E-state index contributed by atoms with van der Waals surface area (Å²) in [5.74, 6) is 1.26. The molecule has 0 saturated carbocycles. The van der Waals surface area contributed by atoms with Gasteiger partial charge in [-0.3, -0.25) is 15.3 Å². The van der Waals surface area contributed by atoms with Crippen molar-refractivity contribution in [2.24, 2.45) is 0 Å². The normalized spacial score (nSPS) is 17.8. The summed E-state index contributed by atoms with van der Waals surface area (Å²) in [5, 5.41) is 12.3. The molecule has 1 fully saturated rings. The SMILES string of the molecule is CC.CC.O=C(NO)C1(NCc2ccc(-c3ccccc3)cc2)CCSC1. The average molecular weight is 389 g/mol. The van der Waals surface area contributed by atoms with Crippen molar-refractivity contribution in [1.29, 1.82) is 0 Å². The van der Waals surface area contributed by atoms with Crippen molar-refractivity contribution in [3.8, 4) is 11.1 Å². The van der Waals surface area contributed by atoms with Crippen LogP contribution in [0.2, 0.25) is 0 Å². The standard InChI is InChI=1S/C18H20N2O2S.2C2H6/c21-17(20-22)18(10-11-23-13-18)19-12-14-6-8-16(9-7-14)15-4-2-1-3-5-15;2*1-2/h1-9,19,22H,10-13H2,(H,20,21);2*1-2H3. The zero-order valence-electron chi connectivity index (χ0n) is 16.8. The molecule has 0 aromatic heterocycles. The van der Waals surface area contributed by atoms with Crippen molar-refractivity contribution in [2.75, 3.05) is 11.5 Å². The van der Waals surface area contributed by atoms with Crippen LogP contribution < -0.4 is 10.8 Å². The molecule has 3 rings (SSSR count). The summed E-state index contributed by atoms with van der Waals surface area (Å²) in [7, 11) is 0.